The van der Waals surface area contributed by atoms with E-state index in [9.17, 15) is 34.2 Å². The zero-order valence-corrected chi connectivity index (χ0v) is 20.3. The summed E-state index contributed by atoms with van der Waals surface area (Å²) in [6.45, 7) is 0.213. The molecule has 1 aliphatic carbocycles. The second-order valence-electron chi connectivity index (χ2n) is 8.56. The number of non-ortho nitro benzene ring substituents is 1. The third-order valence-corrected chi connectivity index (χ3v) is 5.91. The summed E-state index contributed by atoms with van der Waals surface area (Å²) in [6, 6.07) is 15.9. The number of carbonyl (C=O) groups is 2. The summed E-state index contributed by atoms with van der Waals surface area (Å²) >= 11 is 0. The van der Waals surface area contributed by atoms with Crippen LogP contribution in [-0.4, -0.2) is 27.7 Å². The van der Waals surface area contributed by atoms with Gasteiger partial charge in [0.25, 0.3) is 23.2 Å². The first-order valence-electron chi connectivity index (χ1n) is 11.8. The molecule has 0 radical (unpaired) electrons. The lowest BCUT2D eigenvalue weighted by Gasteiger charge is -2.17. The Morgan fingerprint density at radius 2 is 1.58 bits per heavy atom. The van der Waals surface area contributed by atoms with E-state index in [-0.39, 0.29) is 40.9 Å². The molecule has 0 saturated heterocycles. The number of nitrogens with zero attached hydrogens (tertiary/aromatic N) is 2. The molecule has 0 atom stereocenters. The van der Waals surface area contributed by atoms with Crippen LogP contribution in [0, 0.1) is 26.0 Å². The van der Waals surface area contributed by atoms with Crippen LogP contribution in [-0.2, 0) is 6.54 Å². The van der Waals surface area contributed by atoms with Crippen LogP contribution < -0.4 is 16.4 Å². The number of primary amides is 1. The predicted octanol–water partition coefficient (Wildman–Crippen LogP) is 4.71. The van der Waals surface area contributed by atoms with Crippen molar-refractivity contribution in [3.05, 3.63) is 109 Å². The average Bonchev–Trinajstić information content (AvgIpc) is 3.41. The van der Waals surface area contributed by atoms with E-state index in [1.54, 1.807) is 18.2 Å². The second kappa shape index (κ2) is 12.9. The molecule has 1 aliphatic rings. The van der Waals surface area contributed by atoms with Crippen molar-refractivity contribution < 1.29 is 23.8 Å². The molecule has 1 saturated carbocycles. The molecule has 12 heteroatoms. The van der Waals surface area contributed by atoms with Gasteiger partial charge in [-0.1, -0.05) is 37.1 Å². The monoisotopic (exact) mass is 523 g/mol. The van der Waals surface area contributed by atoms with Crippen LogP contribution in [0.25, 0.3) is 0 Å². The molecule has 11 nitrogen and oxygen atoms in total. The lowest BCUT2D eigenvalue weighted by atomic mass is 10.1. The van der Waals surface area contributed by atoms with E-state index in [0.717, 1.165) is 31.2 Å². The quantitative estimate of drug-likeness (QED) is 0.283. The molecule has 0 aromatic heterocycles. The van der Waals surface area contributed by atoms with Gasteiger partial charge < -0.3 is 16.4 Å². The molecule has 198 valence electrons. The fraction of sp³-hybridized carbons (Fsp3) is 0.231. The van der Waals surface area contributed by atoms with Crippen LogP contribution in [0.5, 0.6) is 0 Å². The van der Waals surface area contributed by atoms with E-state index in [4.69, 9.17) is 5.73 Å². The highest BCUT2D eigenvalue weighted by atomic mass is 19.1. The van der Waals surface area contributed by atoms with Gasteiger partial charge in [-0.15, -0.1) is 0 Å². The van der Waals surface area contributed by atoms with Crippen LogP contribution in [0.15, 0.2) is 66.7 Å². The highest BCUT2D eigenvalue weighted by Crippen LogP contribution is 2.27. The molecule has 3 aromatic carbocycles. The number of halogens is 1. The summed E-state index contributed by atoms with van der Waals surface area (Å²) in [5.41, 5.74) is 6.04. The number of benzene rings is 3. The standard InChI is InChI=1S/C19H20FN3O3.C7H6N2O3/c20-14-7-5-13(6-8-14)12-21-19(24)17-11-16(23(25)26)9-10-18(17)22-15-3-1-2-4-15;8-7(10)5-3-1-2-4-6(5)9(11)12/h5-11,15,22H,1-4,12H2,(H,21,24);1-4H,(H2,8,10). The van der Waals surface area contributed by atoms with E-state index in [2.05, 4.69) is 10.6 Å². The van der Waals surface area contributed by atoms with Gasteiger partial charge in [-0.05, 0) is 42.7 Å². The van der Waals surface area contributed by atoms with Crippen molar-refractivity contribution >= 4 is 28.9 Å². The van der Waals surface area contributed by atoms with Crippen LogP contribution >= 0.6 is 0 Å². The molecule has 4 rings (SSSR count). The number of nitro groups is 2. The number of amides is 2. The topological polar surface area (TPSA) is 171 Å². The molecular weight excluding hydrogens is 497 g/mol. The van der Waals surface area contributed by atoms with E-state index < -0.39 is 21.7 Å². The SMILES string of the molecule is NC(=O)c1ccccc1[N+](=O)[O-].O=C(NCc1ccc(F)cc1)c1cc([N+](=O)[O-])ccc1NC1CCCC1. The van der Waals surface area contributed by atoms with Crippen molar-refractivity contribution in [3.63, 3.8) is 0 Å². The molecule has 1 fully saturated rings. The van der Waals surface area contributed by atoms with Gasteiger partial charge in [0.05, 0.1) is 15.4 Å². The zero-order valence-electron chi connectivity index (χ0n) is 20.3. The van der Waals surface area contributed by atoms with Crippen LogP contribution in [0.2, 0.25) is 0 Å². The molecule has 4 N–H and O–H groups in total. The first-order chi connectivity index (χ1) is 18.2. The summed E-state index contributed by atoms with van der Waals surface area (Å²) < 4.78 is 13.0. The minimum atomic E-state index is -0.790. The molecule has 0 bridgehead atoms. The second-order valence-corrected chi connectivity index (χ2v) is 8.56. The molecule has 0 heterocycles. The third-order valence-electron chi connectivity index (χ3n) is 5.91. The lowest BCUT2D eigenvalue weighted by molar-refractivity contribution is -0.385. The Labute approximate surface area is 217 Å². The van der Waals surface area contributed by atoms with Gasteiger partial charge in [0.15, 0.2) is 0 Å². The molecule has 38 heavy (non-hydrogen) atoms. The lowest BCUT2D eigenvalue weighted by Crippen LogP contribution is -2.25. The van der Waals surface area contributed by atoms with Gasteiger partial charge in [-0.3, -0.25) is 29.8 Å². The minimum absolute atomic E-state index is 0.0671. The number of para-hydroxylation sites is 1. The van der Waals surface area contributed by atoms with Crippen molar-refractivity contribution in [2.45, 2.75) is 38.3 Å². The first kappa shape index (κ1) is 27.7. The number of carbonyl (C=O) groups excluding carboxylic acids is 2. The van der Waals surface area contributed by atoms with Crippen LogP contribution in [0.4, 0.5) is 21.5 Å². The molecule has 0 spiro atoms. The Kier molecular flexibility index (Phi) is 9.41. The largest absolute Gasteiger partial charge is 0.382 e. The van der Waals surface area contributed by atoms with Gasteiger partial charge in [0.2, 0.25) is 0 Å². The number of hydrogen-bond donors (Lipinski definition) is 3. The summed E-state index contributed by atoms with van der Waals surface area (Å²) in [5, 5.41) is 27.5. The molecule has 0 unspecified atom stereocenters. The van der Waals surface area contributed by atoms with E-state index >= 15 is 0 Å². The minimum Gasteiger partial charge on any atom is -0.382 e. The highest BCUT2D eigenvalue weighted by molar-refractivity contribution is 6.00. The van der Waals surface area contributed by atoms with Crippen molar-refractivity contribution in [1.29, 1.82) is 0 Å². The summed E-state index contributed by atoms with van der Waals surface area (Å²) in [7, 11) is 0. The number of nitrogens with one attached hydrogen (secondary N) is 2. The molecular formula is C26H26FN5O6. The Balaban J connectivity index is 0.000000279. The average molecular weight is 524 g/mol. The number of rotatable bonds is 8. The van der Waals surface area contributed by atoms with E-state index in [0.29, 0.717) is 5.69 Å². The fourth-order valence-electron chi connectivity index (χ4n) is 3.97. The first-order valence-corrected chi connectivity index (χ1v) is 11.8. The Morgan fingerprint density at radius 1 is 0.921 bits per heavy atom. The maximum Gasteiger partial charge on any atom is 0.282 e. The summed E-state index contributed by atoms with van der Waals surface area (Å²) in [5.74, 6) is -1.54. The number of nitrogens with two attached hydrogens (primary N) is 1. The maximum absolute atomic E-state index is 13.0. The number of anilines is 1. The maximum atomic E-state index is 13.0. The molecule has 2 amide bonds. The van der Waals surface area contributed by atoms with Gasteiger partial charge in [0.1, 0.15) is 11.4 Å². The van der Waals surface area contributed by atoms with Crippen LogP contribution in [0.1, 0.15) is 52.0 Å². The third kappa shape index (κ3) is 7.56. The van der Waals surface area contributed by atoms with Gasteiger partial charge in [0, 0.05) is 36.5 Å². The van der Waals surface area contributed by atoms with Crippen molar-refractivity contribution in [1.82, 2.24) is 5.32 Å². The summed E-state index contributed by atoms with van der Waals surface area (Å²) in [6.07, 6.45) is 4.31. The fourth-order valence-corrected chi connectivity index (χ4v) is 3.97. The van der Waals surface area contributed by atoms with Gasteiger partial charge in [-0.25, -0.2) is 4.39 Å². The Hall–Kier alpha value is -4.87. The number of hydrogen-bond acceptors (Lipinski definition) is 7. The smallest absolute Gasteiger partial charge is 0.282 e. The van der Waals surface area contributed by atoms with Gasteiger partial charge >= 0.3 is 0 Å². The summed E-state index contributed by atoms with van der Waals surface area (Å²) in [4.78, 5) is 43.5. The zero-order chi connectivity index (χ0) is 27.7. The van der Waals surface area contributed by atoms with Crippen molar-refractivity contribution in [2.75, 3.05) is 5.32 Å². The van der Waals surface area contributed by atoms with E-state index in [1.165, 1.54) is 48.5 Å². The normalized spacial score (nSPS) is 12.7. The van der Waals surface area contributed by atoms with Gasteiger partial charge in [-0.2, -0.15) is 0 Å². The van der Waals surface area contributed by atoms with Crippen LogP contribution in [0.3, 0.4) is 0 Å². The Morgan fingerprint density at radius 3 is 2.16 bits per heavy atom. The van der Waals surface area contributed by atoms with Crippen molar-refractivity contribution in [3.8, 4) is 0 Å². The number of nitro benzene ring substituents is 2. The molecule has 0 aliphatic heterocycles. The predicted molar refractivity (Wildman–Crippen MR) is 138 cm³/mol. The highest BCUT2D eigenvalue weighted by Gasteiger charge is 2.21. The molecule has 3 aromatic rings. The Bertz CT molecular complexity index is 1290. The van der Waals surface area contributed by atoms with Crippen molar-refractivity contribution in [2.24, 2.45) is 5.73 Å². The van der Waals surface area contributed by atoms with E-state index in [1.807, 2.05) is 0 Å².